The van der Waals surface area contributed by atoms with Crippen LogP contribution in [0.25, 0.3) is 0 Å². The molecule has 0 saturated heterocycles. The van der Waals surface area contributed by atoms with Crippen LogP contribution >= 0.6 is 0 Å². The molecule has 10 heteroatoms. The van der Waals surface area contributed by atoms with E-state index in [2.05, 4.69) is 10.6 Å². The minimum Gasteiger partial charge on any atom is -0.452 e. The molecule has 0 aliphatic carbocycles. The fourth-order valence-electron chi connectivity index (χ4n) is 1.79. The molecule has 0 aromatic heterocycles. The lowest BCUT2D eigenvalue weighted by Crippen LogP contribution is -2.41. The van der Waals surface area contributed by atoms with E-state index in [9.17, 15) is 22.8 Å². The number of carbonyl (C=O) groups excluding carboxylic acids is 3. The van der Waals surface area contributed by atoms with E-state index in [1.54, 1.807) is 13.8 Å². The summed E-state index contributed by atoms with van der Waals surface area (Å²) in [5.41, 5.74) is 0.105. The van der Waals surface area contributed by atoms with Gasteiger partial charge < -0.3 is 15.4 Å². The molecule has 2 N–H and O–H groups in total. The maximum atomic E-state index is 11.9. The molecule has 0 radical (unpaired) electrons. The van der Waals surface area contributed by atoms with Gasteiger partial charge >= 0.3 is 5.97 Å². The van der Waals surface area contributed by atoms with Gasteiger partial charge in [-0.3, -0.25) is 9.59 Å². The molecule has 0 saturated carbocycles. The molecule has 0 heterocycles. The van der Waals surface area contributed by atoms with Crippen LogP contribution < -0.4 is 10.6 Å². The van der Waals surface area contributed by atoms with Gasteiger partial charge in [0, 0.05) is 20.1 Å². The van der Waals surface area contributed by atoms with Gasteiger partial charge in [0.2, 0.25) is 15.9 Å². The monoisotopic (exact) mass is 385 g/mol. The first-order valence-electron chi connectivity index (χ1n) is 7.80. The number of hydrogen-bond donors (Lipinski definition) is 2. The smallest absolute Gasteiger partial charge is 0.338 e. The Balaban J connectivity index is 2.53. The third kappa shape index (κ3) is 6.45. The Labute approximate surface area is 152 Å². The van der Waals surface area contributed by atoms with Crippen molar-refractivity contribution in [2.45, 2.75) is 24.8 Å². The van der Waals surface area contributed by atoms with Crippen molar-refractivity contribution in [3.63, 3.8) is 0 Å². The van der Waals surface area contributed by atoms with E-state index >= 15 is 0 Å². The lowest BCUT2D eigenvalue weighted by atomic mass is 10.2. The summed E-state index contributed by atoms with van der Waals surface area (Å²) >= 11 is 0. The van der Waals surface area contributed by atoms with Crippen LogP contribution in [-0.2, 0) is 24.3 Å². The van der Waals surface area contributed by atoms with Gasteiger partial charge in [-0.25, -0.2) is 17.5 Å². The molecule has 0 aliphatic heterocycles. The lowest BCUT2D eigenvalue weighted by molar-refractivity contribution is -0.128. The molecule has 0 spiro atoms. The minimum absolute atomic E-state index is 0.0351. The molecule has 0 fully saturated rings. The van der Waals surface area contributed by atoms with Gasteiger partial charge in [-0.1, -0.05) is 0 Å². The number of rotatable bonds is 8. The van der Waals surface area contributed by atoms with Gasteiger partial charge in [-0.2, -0.15) is 0 Å². The van der Waals surface area contributed by atoms with E-state index in [0.717, 1.165) is 4.31 Å². The second kappa shape index (κ2) is 9.30. The summed E-state index contributed by atoms with van der Waals surface area (Å²) in [6.45, 7) is 2.81. The molecular formula is C16H23N3O6S. The molecule has 1 rings (SSSR count). The summed E-state index contributed by atoms with van der Waals surface area (Å²) in [4.78, 5) is 34.9. The zero-order valence-corrected chi connectivity index (χ0v) is 15.9. The van der Waals surface area contributed by atoms with E-state index in [4.69, 9.17) is 4.74 Å². The second-order valence-electron chi connectivity index (χ2n) is 5.89. The molecule has 0 aliphatic rings. The predicted molar refractivity (Wildman–Crippen MR) is 93.9 cm³/mol. The molecule has 2 amide bonds. The Kier molecular flexibility index (Phi) is 7.72. The zero-order chi connectivity index (χ0) is 19.9. The van der Waals surface area contributed by atoms with Crippen molar-refractivity contribution in [2.75, 3.05) is 27.2 Å². The SMILES string of the molecule is CC(C)NC(=O)CNC(=O)COC(=O)c1ccc(S(=O)(=O)N(C)C)cc1. The normalized spacial score (nSPS) is 11.3. The van der Waals surface area contributed by atoms with Crippen molar-refractivity contribution < 1.29 is 27.5 Å². The highest BCUT2D eigenvalue weighted by molar-refractivity contribution is 7.89. The molecule has 0 bridgehead atoms. The summed E-state index contributed by atoms with van der Waals surface area (Å²) < 4.78 is 29.8. The topological polar surface area (TPSA) is 122 Å². The Morgan fingerprint density at radius 1 is 1.08 bits per heavy atom. The van der Waals surface area contributed by atoms with E-state index in [0.29, 0.717) is 0 Å². The summed E-state index contributed by atoms with van der Waals surface area (Å²) in [6, 6.07) is 5.11. The Morgan fingerprint density at radius 3 is 2.15 bits per heavy atom. The Bertz CT molecular complexity index is 757. The van der Waals surface area contributed by atoms with Gasteiger partial charge in [-0.05, 0) is 38.1 Å². The van der Waals surface area contributed by atoms with Gasteiger partial charge in [0.05, 0.1) is 17.0 Å². The quantitative estimate of drug-likeness (QED) is 0.594. The van der Waals surface area contributed by atoms with Crippen molar-refractivity contribution in [1.82, 2.24) is 14.9 Å². The van der Waals surface area contributed by atoms with E-state index < -0.39 is 28.5 Å². The minimum atomic E-state index is -3.59. The molecular weight excluding hydrogens is 362 g/mol. The average molecular weight is 385 g/mol. The van der Waals surface area contributed by atoms with Crippen LogP contribution in [0.3, 0.4) is 0 Å². The van der Waals surface area contributed by atoms with Gasteiger partial charge in [-0.15, -0.1) is 0 Å². The highest BCUT2D eigenvalue weighted by Gasteiger charge is 2.18. The number of nitrogens with zero attached hydrogens (tertiary/aromatic N) is 1. The first kappa shape index (κ1) is 21.6. The van der Waals surface area contributed by atoms with Crippen LogP contribution in [0, 0.1) is 0 Å². The van der Waals surface area contributed by atoms with Crippen LogP contribution in [0.2, 0.25) is 0 Å². The van der Waals surface area contributed by atoms with Gasteiger partial charge in [0.1, 0.15) is 0 Å². The van der Waals surface area contributed by atoms with Gasteiger partial charge in [0.25, 0.3) is 5.91 Å². The van der Waals surface area contributed by atoms with Crippen molar-refractivity contribution in [3.05, 3.63) is 29.8 Å². The molecule has 26 heavy (non-hydrogen) atoms. The molecule has 9 nitrogen and oxygen atoms in total. The number of benzene rings is 1. The summed E-state index contributed by atoms with van der Waals surface area (Å²) in [5.74, 6) is -1.75. The third-order valence-corrected chi connectivity index (χ3v) is 4.93. The standard InChI is InChI=1S/C16H23N3O6S/c1-11(2)18-14(20)9-17-15(21)10-25-16(22)12-5-7-13(8-6-12)26(23,24)19(3)4/h5-8,11H,9-10H2,1-4H3,(H,17,21)(H,18,20). The largest absolute Gasteiger partial charge is 0.452 e. The van der Waals surface area contributed by atoms with Gasteiger partial charge in [0.15, 0.2) is 6.61 Å². The highest BCUT2D eigenvalue weighted by Crippen LogP contribution is 2.14. The van der Waals surface area contributed by atoms with Crippen LogP contribution in [0.4, 0.5) is 0 Å². The van der Waals surface area contributed by atoms with Crippen LogP contribution in [0.5, 0.6) is 0 Å². The molecule has 144 valence electrons. The molecule has 0 unspecified atom stereocenters. The summed E-state index contributed by atoms with van der Waals surface area (Å²) in [6.07, 6.45) is 0. The summed E-state index contributed by atoms with van der Waals surface area (Å²) in [5, 5.41) is 4.92. The van der Waals surface area contributed by atoms with Crippen LogP contribution in [0.15, 0.2) is 29.2 Å². The molecule has 1 aromatic rings. The molecule has 0 atom stereocenters. The lowest BCUT2D eigenvalue weighted by Gasteiger charge is -2.11. The number of amides is 2. The first-order chi connectivity index (χ1) is 12.0. The van der Waals surface area contributed by atoms with Crippen molar-refractivity contribution in [3.8, 4) is 0 Å². The number of nitrogens with one attached hydrogen (secondary N) is 2. The fraction of sp³-hybridized carbons (Fsp3) is 0.438. The Morgan fingerprint density at radius 2 is 1.65 bits per heavy atom. The van der Waals surface area contributed by atoms with Crippen LogP contribution in [0.1, 0.15) is 24.2 Å². The number of ether oxygens (including phenoxy) is 1. The van der Waals surface area contributed by atoms with E-state index in [1.807, 2.05) is 0 Å². The predicted octanol–water partition coefficient (Wildman–Crippen LogP) is -0.265. The highest BCUT2D eigenvalue weighted by atomic mass is 32.2. The second-order valence-corrected chi connectivity index (χ2v) is 8.04. The zero-order valence-electron chi connectivity index (χ0n) is 15.1. The third-order valence-electron chi connectivity index (χ3n) is 3.10. The molecule has 1 aromatic carbocycles. The van der Waals surface area contributed by atoms with Crippen LogP contribution in [-0.4, -0.2) is 63.8 Å². The number of sulfonamides is 1. The maximum Gasteiger partial charge on any atom is 0.338 e. The average Bonchev–Trinajstić information content (AvgIpc) is 2.57. The number of esters is 1. The number of hydrogen-bond acceptors (Lipinski definition) is 6. The first-order valence-corrected chi connectivity index (χ1v) is 9.24. The van der Waals surface area contributed by atoms with Crippen molar-refractivity contribution in [1.29, 1.82) is 0 Å². The fourth-order valence-corrected chi connectivity index (χ4v) is 2.69. The maximum absolute atomic E-state index is 11.9. The van der Waals surface area contributed by atoms with Crippen molar-refractivity contribution >= 4 is 27.8 Å². The summed E-state index contributed by atoms with van der Waals surface area (Å²) in [7, 11) is -0.789. The Hall–Kier alpha value is -2.46. The van der Waals surface area contributed by atoms with E-state index in [1.165, 1.54) is 38.4 Å². The van der Waals surface area contributed by atoms with E-state index in [-0.39, 0.29) is 29.0 Å². The number of carbonyl (C=O) groups is 3. The van der Waals surface area contributed by atoms with Crippen molar-refractivity contribution in [2.24, 2.45) is 0 Å².